The van der Waals surface area contributed by atoms with Gasteiger partial charge < -0.3 is 9.30 Å². The van der Waals surface area contributed by atoms with E-state index in [1.54, 1.807) is 0 Å². The Labute approximate surface area is 101 Å². The number of rotatable bonds is 5. The van der Waals surface area contributed by atoms with Crippen LogP contribution >= 0.6 is 0 Å². The molecule has 0 saturated carbocycles. The van der Waals surface area contributed by atoms with E-state index >= 15 is 0 Å². The molecule has 1 heterocycles. The number of aryl methyl sites for hydroxylation is 1. The van der Waals surface area contributed by atoms with Gasteiger partial charge in [-0.15, -0.1) is 0 Å². The molecule has 2 nitrogen and oxygen atoms in total. The topological polar surface area (TPSA) is 14.2 Å². The number of ether oxygens (including phenoxy) is 1. The first kappa shape index (κ1) is 12.0. The van der Waals surface area contributed by atoms with Crippen LogP contribution in [0.3, 0.4) is 0 Å². The van der Waals surface area contributed by atoms with Crippen molar-refractivity contribution in [3.63, 3.8) is 0 Å². The number of hydrogen-bond acceptors (Lipinski definition) is 1. The molecule has 0 saturated heterocycles. The third-order valence-electron chi connectivity index (χ3n) is 2.67. The fourth-order valence-corrected chi connectivity index (χ4v) is 1.98. The molecular formula is C14H18FNO. The third-order valence-corrected chi connectivity index (χ3v) is 2.67. The number of hydrogen-bond donors (Lipinski definition) is 0. The van der Waals surface area contributed by atoms with E-state index in [9.17, 15) is 4.39 Å². The van der Waals surface area contributed by atoms with Crippen molar-refractivity contribution >= 4 is 10.9 Å². The van der Waals surface area contributed by atoms with Gasteiger partial charge in [-0.05, 0) is 38.5 Å². The summed E-state index contributed by atoms with van der Waals surface area (Å²) < 4.78 is 20.0. The predicted octanol–water partition coefficient (Wildman–Crippen LogP) is 3.79. The van der Waals surface area contributed by atoms with Crippen LogP contribution in [0, 0.1) is 0 Å². The number of aromatic nitrogens is 1. The summed E-state index contributed by atoms with van der Waals surface area (Å²) in [5, 5.41) is 1.10. The summed E-state index contributed by atoms with van der Waals surface area (Å²) >= 11 is 0. The molecule has 0 fully saturated rings. The molecule has 92 valence electrons. The highest BCUT2D eigenvalue weighted by molar-refractivity contribution is 5.86. The van der Waals surface area contributed by atoms with Crippen molar-refractivity contribution < 1.29 is 9.13 Å². The van der Waals surface area contributed by atoms with Crippen LogP contribution in [0.15, 0.2) is 30.5 Å². The van der Waals surface area contributed by atoms with E-state index in [2.05, 4.69) is 4.57 Å². The van der Waals surface area contributed by atoms with Gasteiger partial charge in [0.15, 0.2) is 0 Å². The smallest absolute Gasteiger partial charge is 0.129 e. The highest BCUT2D eigenvalue weighted by Crippen LogP contribution is 2.27. The van der Waals surface area contributed by atoms with Gasteiger partial charge in [0.1, 0.15) is 5.75 Å². The first-order valence-corrected chi connectivity index (χ1v) is 6.03. The number of nitrogens with zero attached hydrogens (tertiary/aromatic N) is 1. The highest BCUT2D eigenvalue weighted by atomic mass is 19.1. The van der Waals surface area contributed by atoms with Crippen LogP contribution in [0.4, 0.5) is 4.39 Å². The standard InChI is InChI=1S/C14H18FNO/c1-11(2)17-14-6-3-5-13-12(14)7-10-16(13)9-4-8-15/h3,5-7,10-11H,4,8-9H2,1-2H3. The van der Waals surface area contributed by atoms with Crippen molar-refractivity contribution in [3.8, 4) is 5.75 Å². The van der Waals surface area contributed by atoms with Gasteiger partial charge in [0.25, 0.3) is 0 Å². The predicted molar refractivity (Wildman–Crippen MR) is 68.3 cm³/mol. The quantitative estimate of drug-likeness (QED) is 0.769. The Hall–Kier alpha value is -1.51. The maximum absolute atomic E-state index is 12.2. The molecule has 17 heavy (non-hydrogen) atoms. The van der Waals surface area contributed by atoms with Crippen LogP contribution < -0.4 is 4.74 Å². The van der Waals surface area contributed by atoms with Gasteiger partial charge in [-0.1, -0.05) is 6.07 Å². The molecule has 0 radical (unpaired) electrons. The molecular weight excluding hydrogens is 217 g/mol. The first-order chi connectivity index (χ1) is 8.22. The Kier molecular flexibility index (Phi) is 3.67. The molecule has 3 heteroatoms. The van der Waals surface area contributed by atoms with Crippen LogP contribution in [0.5, 0.6) is 5.75 Å². The van der Waals surface area contributed by atoms with Gasteiger partial charge >= 0.3 is 0 Å². The van der Waals surface area contributed by atoms with Crippen LogP contribution in [-0.2, 0) is 6.54 Å². The normalized spacial score (nSPS) is 11.3. The Morgan fingerprint density at radius 3 is 2.82 bits per heavy atom. The van der Waals surface area contributed by atoms with E-state index in [1.807, 2.05) is 44.3 Å². The molecule has 0 aliphatic rings. The van der Waals surface area contributed by atoms with E-state index in [0.29, 0.717) is 13.0 Å². The molecule has 2 aromatic rings. The molecule has 0 bridgehead atoms. The van der Waals surface area contributed by atoms with Crippen LogP contribution in [0.1, 0.15) is 20.3 Å². The van der Waals surface area contributed by atoms with E-state index < -0.39 is 0 Å². The first-order valence-electron chi connectivity index (χ1n) is 6.03. The average molecular weight is 235 g/mol. The molecule has 0 atom stereocenters. The second kappa shape index (κ2) is 5.21. The zero-order valence-corrected chi connectivity index (χ0v) is 10.3. The summed E-state index contributed by atoms with van der Waals surface area (Å²) in [7, 11) is 0. The minimum Gasteiger partial charge on any atom is -0.490 e. The second-order valence-corrected chi connectivity index (χ2v) is 4.41. The Bertz CT molecular complexity index is 490. The highest BCUT2D eigenvalue weighted by Gasteiger charge is 2.07. The van der Waals surface area contributed by atoms with Gasteiger partial charge in [-0.25, -0.2) is 0 Å². The molecule has 0 amide bonds. The monoisotopic (exact) mass is 235 g/mol. The lowest BCUT2D eigenvalue weighted by Crippen LogP contribution is -2.05. The van der Waals surface area contributed by atoms with Crippen LogP contribution in [0.25, 0.3) is 10.9 Å². The Morgan fingerprint density at radius 1 is 1.29 bits per heavy atom. The molecule has 1 aromatic heterocycles. The number of halogens is 1. The van der Waals surface area contributed by atoms with E-state index in [-0.39, 0.29) is 12.8 Å². The van der Waals surface area contributed by atoms with Crippen molar-refractivity contribution in [2.45, 2.75) is 32.9 Å². The van der Waals surface area contributed by atoms with Crippen molar-refractivity contribution in [3.05, 3.63) is 30.5 Å². The van der Waals surface area contributed by atoms with Gasteiger partial charge in [0.2, 0.25) is 0 Å². The van der Waals surface area contributed by atoms with Gasteiger partial charge in [-0.3, -0.25) is 4.39 Å². The van der Waals surface area contributed by atoms with Crippen LogP contribution in [-0.4, -0.2) is 17.3 Å². The summed E-state index contributed by atoms with van der Waals surface area (Å²) in [5.74, 6) is 0.900. The van der Waals surface area contributed by atoms with Crippen molar-refractivity contribution in [1.82, 2.24) is 4.57 Å². The fourth-order valence-electron chi connectivity index (χ4n) is 1.98. The minimum atomic E-state index is -0.276. The van der Waals surface area contributed by atoms with E-state index in [0.717, 1.165) is 16.7 Å². The van der Waals surface area contributed by atoms with Gasteiger partial charge in [-0.2, -0.15) is 0 Å². The van der Waals surface area contributed by atoms with Crippen molar-refractivity contribution in [2.24, 2.45) is 0 Å². The lowest BCUT2D eigenvalue weighted by Gasteiger charge is -2.11. The zero-order valence-electron chi connectivity index (χ0n) is 10.3. The fraction of sp³-hybridized carbons (Fsp3) is 0.429. The minimum absolute atomic E-state index is 0.162. The van der Waals surface area contributed by atoms with Crippen molar-refractivity contribution in [1.29, 1.82) is 0 Å². The van der Waals surface area contributed by atoms with E-state index in [4.69, 9.17) is 4.74 Å². The number of alkyl halides is 1. The van der Waals surface area contributed by atoms with Crippen LogP contribution in [0.2, 0.25) is 0 Å². The zero-order chi connectivity index (χ0) is 12.3. The number of benzene rings is 1. The second-order valence-electron chi connectivity index (χ2n) is 4.41. The molecule has 0 unspecified atom stereocenters. The Balaban J connectivity index is 2.35. The molecule has 0 spiro atoms. The maximum Gasteiger partial charge on any atom is 0.129 e. The summed E-state index contributed by atoms with van der Waals surface area (Å²) in [5.41, 5.74) is 1.11. The summed E-state index contributed by atoms with van der Waals surface area (Å²) in [4.78, 5) is 0. The third kappa shape index (κ3) is 2.60. The molecule has 2 rings (SSSR count). The van der Waals surface area contributed by atoms with Gasteiger partial charge in [0, 0.05) is 18.1 Å². The SMILES string of the molecule is CC(C)Oc1cccc2c1ccn2CCCF. The summed E-state index contributed by atoms with van der Waals surface area (Å²) in [6.45, 7) is 4.46. The average Bonchev–Trinajstić information content (AvgIpc) is 2.70. The lowest BCUT2D eigenvalue weighted by molar-refractivity contribution is 0.245. The summed E-state index contributed by atoms with van der Waals surface area (Å²) in [6.07, 6.45) is 2.71. The lowest BCUT2D eigenvalue weighted by atomic mass is 10.2. The molecule has 0 N–H and O–H groups in total. The largest absolute Gasteiger partial charge is 0.490 e. The van der Waals surface area contributed by atoms with E-state index in [1.165, 1.54) is 0 Å². The number of fused-ring (bicyclic) bond motifs is 1. The molecule has 0 aliphatic carbocycles. The Morgan fingerprint density at radius 2 is 2.12 bits per heavy atom. The maximum atomic E-state index is 12.2. The van der Waals surface area contributed by atoms with Gasteiger partial charge in [0.05, 0.1) is 18.3 Å². The molecule has 0 aliphatic heterocycles. The van der Waals surface area contributed by atoms with Crippen molar-refractivity contribution in [2.75, 3.05) is 6.67 Å². The summed E-state index contributed by atoms with van der Waals surface area (Å²) in [6, 6.07) is 8.03. The molecule has 1 aromatic carbocycles.